The van der Waals surface area contributed by atoms with Crippen molar-refractivity contribution in [1.29, 1.82) is 0 Å². The Morgan fingerprint density at radius 2 is 1.94 bits per heavy atom. The first-order valence-electron chi connectivity index (χ1n) is 4.38. The van der Waals surface area contributed by atoms with Crippen molar-refractivity contribution >= 4 is 37.8 Å². The molecule has 1 aromatic carbocycles. The fourth-order valence-corrected chi connectivity index (χ4v) is 2.84. The molecule has 1 N–H and O–H groups in total. The van der Waals surface area contributed by atoms with E-state index >= 15 is 0 Å². The highest BCUT2D eigenvalue weighted by Crippen LogP contribution is 2.34. The number of rotatable bonds is 4. The summed E-state index contributed by atoms with van der Waals surface area (Å²) in [5, 5.41) is 8.74. The summed E-state index contributed by atoms with van der Waals surface area (Å²) < 4.78 is 6.70. The number of benzene rings is 1. The normalized spacial score (nSPS) is 9.94. The minimum absolute atomic E-state index is 0.156. The molecule has 0 aliphatic rings. The molecule has 1 rings (SSSR count). The summed E-state index contributed by atoms with van der Waals surface area (Å²) >= 11 is 6.71. The molecule has 0 aromatic heterocycles. The predicted molar refractivity (Wildman–Crippen MR) is 68.9 cm³/mol. The molecule has 0 unspecified atom stereocenters. The van der Waals surface area contributed by atoms with Gasteiger partial charge < -0.3 is 9.84 Å². The lowest BCUT2D eigenvalue weighted by Gasteiger charge is -2.09. The lowest BCUT2D eigenvalue weighted by Crippen LogP contribution is -2.02. The number of aliphatic carboxylic acids is 1. The van der Waals surface area contributed by atoms with Gasteiger partial charge in [0.1, 0.15) is 5.75 Å². The Hall–Kier alpha value is -0.810. The number of ether oxygens (including phenoxy) is 1. The minimum Gasteiger partial charge on any atom is -0.494 e. The number of halogens is 2. The van der Waals surface area contributed by atoms with Crippen molar-refractivity contribution < 1.29 is 14.6 Å². The predicted octanol–water partition coefficient (Wildman–Crippen LogP) is 3.40. The number of hydrogen-bond donors (Lipinski definition) is 1. The summed E-state index contributed by atoms with van der Waals surface area (Å²) in [6.07, 6.45) is 0.302. The molecule has 3 nitrogen and oxygen atoms in total. The first kappa shape index (κ1) is 13.3. The highest BCUT2D eigenvalue weighted by Gasteiger charge is 2.10. The van der Waals surface area contributed by atoms with E-state index in [1.54, 1.807) is 7.11 Å². The number of methoxy groups -OCH3 is 1. The van der Waals surface area contributed by atoms with Gasteiger partial charge in [0.25, 0.3) is 0 Å². The fourth-order valence-electron chi connectivity index (χ4n) is 1.23. The number of carboxylic acids is 1. The van der Waals surface area contributed by atoms with Crippen LogP contribution in [-0.2, 0) is 11.2 Å². The molecule has 5 heteroatoms. The maximum Gasteiger partial charge on any atom is 0.331 e. The van der Waals surface area contributed by atoms with Crippen LogP contribution in [0.2, 0.25) is 0 Å². The molecule has 1 aromatic rings. The Labute approximate surface area is 110 Å². The van der Waals surface area contributed by atoms with E-state index in [1.165, 1.54) is 0 Å². The van der Waals surface area contributed by atoms with E-state index in [-0.39, 0.29) is 5.57 Å². The summed E-state index contributed by atoms with van der Waals surface area (Å²) in [4.78, 5) is 10.6. The lowest BCUT2D eigenvalue weighted by atomic mass is 10.1. The molecule has 0 amide bonds. The topological polar surface area (TPSA) is 46.5 Å². The maximum absolute atomic E-state index is 10.6. The van der Waals surface area contributed by atoms with E-state index in [2.05, 4.69) is 38.4 Å². The van der Waals surface area contributed by atoms with Crippen LogP contribution in [0.3, 0.4) is 0 Å². The van der Waals surface area contributed by atoms with Gasteiger partial charge in [0, 0.05) is 12.0 Å². The SMILES string of the molecule is C=C(Cc1cc(Br)c(OC)c(Br)c1)C(=O)O. The minimum atomic E-state index is -0.983. The molecule has 0 saturated heterocycles. The van der Waals surface area contributed by atoms with Crippen molar-refractivity contribution in [2.45, 2.75) is 6.42 Å². The molecule has 0 bridgehead atoms. The van der Waals surface area contributed by atoms with E-state index in [4.69, 9.17) is 9.84 Å². The van der Waals surface area contributed by atoms with Gasteiger partial charge in [-0.3, -0.25) is 0 Å². The Bertz CT molecular complexity index is 418. The number of carboxylic acid groups (broad SMARTS) is 1. The van der Waals surface area contributed by atoms with Gasteiger partial charge in [-0.05, 0) is 49.6 Å². The van der Waals surface area contributed by atoms with Gasteiger partial charge in [0.05, 0.1) is 16.1 Å². The molecular formula is C11H10Br2O3. The highest BCUT2D eigenvalue weighted by molar-refractivity contribution is 9.11. The van der Waals surface area contributed by atoms with Gasteiger partial charge in [0.2, 0.25) is 0 Å². The Morgan fingerprint density at radius 3 is 2.31 bits per heavy atom. The molecule has 86 valence electrons. The van der Waals surface area contributed by atoms with E-state index in [0.29, 0.717) is 12.2 Å². The van der Waals surface area contributed by atoms with Gasteiger partial charge in [-0.1, -0.05) is 6.58 Å². The second kappa shape index (κ2) is 5.50. The molecule has 0 spiro atoms. The van der Waals surface area contributed by atoms with Crippen LogP contribution >= 0.6 is 31.9 Å². The molecular weight excluding hydrogens is 340 g/mol. The third-order valence-corrected chi connectivity index (χ3v) is 3.16. The molecule has 0 atom stereocenters. The fraction of sp³-hybridized carbons (Fsp3) is 0.182. The molecule has 0 aliphatic heterocycles. The van der Waals surface area contributed by atoms with Crippen LogP contribution in [0.4, 0.5) is 0 Å². The zero-order valence-corrected chi connectivity index (χ0v) is 11.8. The van der Waals surface area contributed by atoms with Gasteiger partial charge in [-0.15, -0.1) is 0 Å². The van der Waals surface area contributed by atoms with Crippen molar-refractivity contribution in [3.05, 3.63) is 38.8 Å². The summed E-state index contributed by atoms with van der Waals surface area (Å²) in [5.41, 5.74) is 1.01. The van der Waals surface area contributed by atoms with Crippen molar-refractivity contribution in [2.75, 3.05) is 7.11 Å². The van der Waals surface area contributed by atoms with E-state index in [0.717, 1.165) is 14.5 Å². The number of hydrogen-bond acceptors (Lipinski definition) is 2. The smallest absolute Gasteiger partial charge is 0.331 e. The number of carbonyl (C=O) groups is 1. The maximum atomic E-state index is 10.6. The molecule has 0 heterocycles. The van der Waals surface area contributed by atoms with Gasteiger partial charge in [-0.2, -0.15) is 0 Å². The summed E-state index contributed by atoms with van der Waals surface area (Å²) in [6, 6.07) is 3.63. The zero-order chi connectivity index (χ0) is 12.3. The summed E-state index contributed by atoms with van der Waals surface area (Å²) in [6.45, 7) is 3.49. The molecule has 0 fully saturated rings. The van der Waals surface area contributed by atoms with E-state index in [9.17, 15) is 4.79 Å². The van der Waals surface area contributed by atoms with Crippen LogP contribution in [0.1, 0.15) is 5.56 Å². The lowest BCUT2D eigenvalue weighted by molar-refractivity contribution is -0.132. The monoisotopic (exact) mass is 348 g/mol. The molecule has 0 aliphatic carbocycles. The summed E-state index contributed by atoms with van der Waals surface area (Å²) in [5.74, 6) is -0.298. The van der Waals surface area contributed by atoms with E-state index in [1.807, 2.05) is 12.1 Å². The molecule has 0 saturated carbocycles. The zero-order valence-electron chi connectivity index (χ0n) is 8.59. The average molecular weight is 350 g/mol. The Morgan fingerprint density at radius 1 is 1.44 bits per heavy atom. The van der Waals surface area contributed by atoms with Crippen molar-refractivity contribution in [3.8, 4) is 5.75 Å². The van der Waals surface area contributed by atoms with Crippen LogP contribution < -0.4 is 4.74 Å². The van der Waals surface area contributed by atoms with Crippen LogP contribution in [0.15, 0.2) is 33.2 Å². The van der Waals surface area contributed by atoms with Gasteiger partial charge in [0.15, 0.2) is 0 Å². The first-order chi connectivity index (χ1) is 7.45. The Kier molecular flexibility index (Phi) is 4.56. The standard InChI is InChI=1S/C11H10Br2O3/c1-6(11(14)15)3-7-4-8(12)10(16-2)9(13)5-7/h4-5H,1,3H2,2H3,(H,14,15). The van der Waals surface area contributed by atoms with Gasteiger partial charge >= 0.3 is 5.97 Å². The van der Waals surface area contributed by atoms with Gasteiger partial charge in [-0.25, -0.2) is 4.79 Å². The summed E-state index contributed by atoms with van der Waals surface area (Å²) in [7, 11) is 1.57. The third-order valence-electron chi connectivity index (χ3n) is 1.98. The second-order valence-electron chi connectivity index (χ2n) is 3.18. The Balaban J connectivity index is 3.00. The van der Waals surface area contributed by atoms with Crippen LogP contribution in [-0.4, -0.2) is 18.2 Å². The third kappa shape index (κ3) is 3.09. The second-order valence-corrected chi connectivity index (χ2v) is 4.89. The molecule has 0 radical (unpaired) electrons. The quantitative estimate of drug-likeness (QED) is 0.847. The van der Waals surface area contributed by atoms with Crippen molar-refractivity contribution in [2.24, 2.45) is 0 Å². The largest absolute Gasteiger partial charge is 0.494 e. The first-order valence-corrected chi connectivity index (χ1v) is 5.97. The van der Waals surface area contributed by atoms with Crippen molar-refractivity contribution in [1.82, 2.24) is 0 Å². The van der Waals surface area contributed by atoms with Crippen LogP contribution in [0.25, 0.3) is 0 Å². The van der Waals surface area contributed by atoms with Crippen LogP contribution in [0, 0.1) is 0 Å². The van der Waals surface area contributed by atoms with E-state index < -0.39 is 5.97 Å². The van der Waals surface area contributed by atoms with Crippen molar-refractivity contribution in [3.63, 3.8) is 0 Å². The average Bonchev–Trinajstić information content (AvgIpc) is 2.16. The molecule has 16 heavy (non-hydrogen) atoms. The van der Waals surface area contributed by atoms with Crippen LogP contribution in [0.5, 0.6) is 5.75 Å². The highest BCUT2D eigenvalue weighted by atomic mass is 79.9.